The second-order valence-electron chi connectivity index (χ2n) is 4.01. The molecule has 0 radical (unpaired) electrons. The third-order valence-electron chi connectivity index (χ3n) is 2.49. The predicted octanol–water partition coefficient (Wildman–Crippen LogP) is 3.98. The van der Waals surface area contributed by atoms with Crippen LogP contribution in [0.5, 0.6) is 0 Å². The van der Waals surface area contributed by atoms with Crippen LogP contribution in [-0.2, 0) is 0 Å². The smallest absolute Gasteiger partial charge is 0.0355 e. The quantitative estimate of drug-likeness (QED) is 0.814. The maximum absolute atomic E-state index is 3.96. The molecule has 0 aliphatic rings. The van der Waals surface area contributed by atoms with Gasteiger partial charge < -0.3 is 5.32 Å². The van der Waals surface area contributed by atoms with Gasteiger partial charge in [0, 0.05) is 10.5 Å². The first kappa shape index (κ1) is 12.5. The molecule has 0 aromatic heterocycles. The molecular formula is C13H18BrN. The number of hydrogen-bond acceptors (Lipinski definition) is 1. The van der Waals surface area contributed by atoms with Gasteiger partial charge >= 0.3 is 0 Å². The largest absolute Gasteiger partial charge is 0.313 e. The van der Waals surface area contributed by atoms with Crippen molar-refractivity contribution in [2.75, 3.05) is 7.05 Å². The lowest BCUT2D eigenvalue weighted by Gasteiger charge is -2.17. The maximum atomic E-state index is 3.96. The number of nitrogens with one attached hydrogen (secondary N) is 1. The minimum absolute atomic E-state index is 0.370. The fourth-order valence-corrected chi connectivity index (χ4v) is 1.87. The fourth-order valence-electron chi connectivity index (χ4n) is 1.62. The Labute approximate surface area is 101 Å². The van der Waals surface area contributed by atoms with Crippen molar-refractivity contribution in [1.29, 1.82) is 0 Å². The van der Waals surface area contributed by atoms with Crippen LogP contribution in [-0.4, -0.2) is 7.05 Å². The van der Waals surface area contributed by atoms with Crippen LogP contribution < -0.4 is 5.32 Å². The Morgan fingerprint density at radius 2 is 2.20 bits per heavy atom. The van der Waals surface area contributed by atoms with E-state index >= 15 is 0 Å². The zero-order valence-electron chi connectivity index (χ0n) is 9.60. The molecule has 2 heteroatoms. The third kappa shape index (κ3) is 3.47. The van der Waals surface area contributed by atoms with Gasteiger partial charge in [-0.3, -0.25) is 0 Å². The van der Waals surface area contributed by atoms with Gasteiger partial charge in [0.05, 0.1) is 0 Å². The lowest BCUT2D eigenvalue weighted by molar-refractivity contribution is 0.589. The van der Waals surface area contributed by atoms with E-state index in [1.54, 1.807) is 0 Å². The van der Waals surface area contributed by atoms with Crippen molar-refractivity contribution in [3.63, 3.8) is 0 Å². The van der Waals surface area contributed by atoms with Gasteiger partial charge in [0.25, 0.3) is 0 Å². The molecule has 0 saturated carbocycles. The number of hydrogen-bond donors (Lipinski definition) is 1. The highest BCUT2D eigenvalue weighted by Crippen LogP contribution is 2.24. The van der Waals surface area contributed by atoms with Crippen LogP contribution in [0.15, 0.2) is 34.8 Å². The molecule has 1 aromatic carbocycles. The summed E-state index contributed by atoms with van der Waals surface area (Å²) in [5.41, 5.74) is 3.80. The van der Waals surface area contributed by atoms with Crippen LogP contribution in [0.25, 0.3) is 0 Å². The molecule has 0 amide bonds. The van der Waals surface area contributed by atoms with Crippen molar-refractivity contribution in [1.82, 2.24) is 5.32 Å². The Bertz CT molecular complexity index is 358. The topological polar surface area (TPSA) is 12.0 Å². The average molecular weight is 268 g/mol. The van der Waals surface area contributed by atoms with E-state index in [4.69, 9.17) is 0 Å². The molecule has 0 heterocycles. The number of benzene rings is 1. The zero-order valence-corrected chi connectivity index (χ0v) is 11.2. The zero-order chi connectivity index (χ0) is 11.4. The summed E-state index contributed by atoms with van der Waals surface area (Å²) in [6.07, 6.45) is 0.984. The lowest BCUT2D eigenvalue weighted by atomic mass is 9.99. The van der Waals surface area contributed by atoms with Crippen LogP contribution in [0.2, 0.25) is 0 Å². The first-order valence-electron chi connectivity index (χ1n) is 5.12. The van der Waals surface area contributed by atoms with E-state index in [0.29, 0.717) is 6.04 Å². The van der Waals surface area contributed by atoms with Crippen molar-refractivity contribution in [2.24, 2.45) is 0 Å². The van der Waals surface area contributed by atoms with E-state index in [-0.39, 0.29) is 0 Å². The normalized spacial score (nSPS) is 12.5. The van der Waals surface area contributed by atoms with Crippen molar-refractivity contribution in [3.05, 3.63) is 46.0 Å². The molecule has 0 bridgehead atoms. The standard InChI is InChI=1S/C13H18BrN/c1-9(2)7-13(15-4)11-5-6-12(14)10(3)8-11/h5-6,8,13,15H,1,7H2,2-4H3. The summed E-state index contributed by atoms with van der Waals surface area (Å²) in [6.45, 7) is 8.14. The van der Waals surface area contributed by atoms with E-state index < -0.39 is 0 Å². The molecule has 0 fully saturated rings. The Balaban J connectivity index is 2.92. The van der Waals surface area contributed by atoms with E-state index in [1.165, 1.54) is 16.7 Å². The van der Waals surface area contributed by atoms with Crippen molar-refractivity contribution >= 4 is 15.9 Å². The second kappa shape index (κ2) is 5.47. The average Bonchev–Trinajstić information content (AvgIpc) is 2.18. The van der Waals surface area contributed by atoms with Gasteiger partial charge in [-0.25, -0.2) is 0 Å². The monoisotopic (exact) mass is 267 g/mol. The van der Waals surface area contributed by atoms with Gasteiger partial charge in [-0.05, 0) is 44.5 Å². The number of rotatable bonds is 4. The fraction of sp³-hybridized carbons (Fsp3) is 0.385. The Morgan fingerprint density at radius 3 is 2.67 bits per heavy atom. The van der Waals surface area contributed by atoms with Crippen LogP contribution in [0, 0.1) is 6.92 Å². The first-order chi connectivity index (χ1) is 7.04. The van der Waals surface area contributed by atoms with E-state index in [9.17, 15) is 0 Å². The van der Waals surface area contributed by atoms with Gasteiger partial charge in [0.15, 0.2) is 0 Å². The SMILES string of the molecule is C=C(C)CC(NC)c1ccc(Br)c(C)c1. The predicted molar refractivity (Wildman–Crippen MR) is 70.1 cm³/mol. The molecule has 1 rings (SSSR count). The second-order valence-corrected chi connectivity index (χ2v) is 4.87. The van der Waals surface area contributed by atoms with Crippen LogP contribution in [0.1, 0.15) is 30.5 Å². The molecule has 0 aliphatic heterocycles. The molecular weight excluding hydrogens is 250 g/mol. The summed E-state index contributed by atoms with van der Waals surface area (Å²) < 4.78 is 1.16. The van der Waals surface area contributed by atoms with Gasteiger partial charge in [0.1, 0.15) is 0 Å². The van der Waals surface area contributed by atoms with E-state index in [1.807, 2.05) is 7.05 Å². The summed E-state index contributed by atoms with van der Waals surface area (Å²) in [7, 11) is 1.99. The van der Waals surface area contributed by atoms with Crippen molar-refractivity contribution in [2.45, 2.75) is 26.3 Å². The molecule has 15 heavy (non-hydrogen) atoms. The van der Waals surface area contributed by atoms with Crippen LogP contribution in [0.3, 0.4) is 0 Å². The Hall–Kier alpha value is -0.600. The maximum Gasteiger partial charge on any atom is 0.0355 e. The minimum atomic E-state index is 0.370. The first-order valence-corrected chi connectivity index (χ1v) is 5.91. The summed E-state index contributed by atoms with van der Waals surface area (Å²) in [6, 6.07) is 6.84. The molecule has 1 atom stereocenters. The van der Waals surface area contributed by atoms with Gasteiger partial charge in [-0.15, -0.1) is 6.58 Å². The van der Waals surface area contributed by atoms with Gasteiger partial charge in [0.2, 0.25) is 0 Å². The van der Waals surface area contributed by atoms with Crippen molar-refractivity contribution in [3.8, 4) is 0 Å². The van der Waals surface area contributed by atoms with Crippen molar-refractivity contribution < 1.29 is 0 Å². The summed E-state index contributed by atoms with van der Waals surface area (Å²) >= 11 is 3.51. The summed E-state index contributed by atoms with van der Waals surface area (Å²) in [5, 5.41) is 3.32. The summed E-state index contributed by atoms with van der Waals surface area (Å²) in [4.78, 5) is 0. The molecule has 0 spiro atoms. The lowest BCUT2D eigenvalue weighted by Crippen LogP contribution is -2.16. The molecule has 82 valence electrons. The molecule has 1 N–H and O–H groups in total. The Morgan fingerprint density at radius 1 is 1.53 bits per heavy atom. The molecule has 1 nitrogen and oxygen atoms in total. The number of halogens is 1. The van der Waals surface area contributed by atoms with Crippen LogP contribution in [0.4, 0.5) is 0 Å². The van der Waals surface area contributed by atoms with Gasteiger partial charge in [-0.2, -0.15) is 0 Å². The van der Waals surface area contributed by atoms with E-state index in [0.717, 1.165) is 10.9 Å². The Kier molecular flexibility index (Phi) is 4.55. The number of aryl methyl sites for hydroxylation is 1. The summed E-state index contributed by atoms with van der Waals surface area (Å²) in [5.74, 6) is 0. The molecule has 0 saturated heterocycles. The minimum Gasteiger partial charge on any atom is -0.313 e. The molecule has 1 aromatic rings. The highest BCUT2D eigenvalue weighted by atomic mass is 79.9. The third-order valence-corrected chi connectivity index (χ3v) is 3.38. The highest BCUT2D eigenvalue weighted by molar-refractivity contribution is 9.10. The highest BCUT2D eigenvalue weighted by Gasteiger charge is 2.09. The van der Waals surface area contributed by atoms with E-state index in [2.05, 4.69) is 59.9 Å². The van der Waals surface area contributed by atoms with Crippen LogP contribution >= 0.6 is 15.9 Å². The molecule has 0 aliphatic carbocycles. The molecule has 1 unspecified atom stereocenters. The van der Waals surface area contributed by atoms with Gasteiger partial charge in [-0.1, -0.05) is 33.6 Å².